The van der Waals surface area contributed by atoms with Crippen LogP contribution in [0, 0.1) is 13.8 Å². The van der Waals surface area contributed by atoms with E-state index in [9.17, 15) is 0 Å². The SMILES string of the molecule is CCNC(c1ccc(Cl)c(OC)c1)c1c(C)cccc1C. The highest BCUT2D eigenvalue weighted by Crippen LogP contribution is 2.32. The lowest BCUT2D eigenvalue weighted by molar-refractivity contribution is 0.414. The van der Waals surface area contributed by atoms with E-state index in [-0.39, 0.29) is 6.04 Å². The second-order valence-corrected chi connectivity index (χ2v) is 5.60. The van der Waals surface area contributed by atoms with Crippen molar-refractivity contribution in [3.63, 3.8) is 0 Å². The van der Waals surface area contributed by atoms with Crippen molar-refractivity contribution in [2.45, 2.75) is 26.8 Å². The van der Waals surface area contributed by atoms with Gasteiger partial charge in [-0.15, -0.1) is 0 Å². The molecule has 0 aliphatic carbocycles. The zero-order valence-electron chi connectivity index (χ0n) is 13.0. The van der Waals surface area contributed by atoms with Crippen molar-refractivity contribution < 1.29 is 4.74 Å². The molecule has 1 atom stereocenters. The summed E-state index contributed by atoms with van der Waals surface area (Å²) in [6.45, 7) is 7.32. The monoisotopic (exact) mass is 303 g/mol. The number of ether oxygens (including phenoxy) is 1. The summed E-state index contributed by atoms with van der Waals surface area (Å²) in [5.41, 5.74) is 5.06. The van der Waals surface area contributed by atoms with Gasteiger partial charge in [0.2, 0.25) is 0 Å². The summed E-state index contributed by atoms with van der Waals surface area (Å²) >= 11 is 6.14. The van der Waals surface area contributed by atoms with Crippen LogP contribution in [0.1, 0.15) is 35.2 Å². The van der Waals surface area contributed by atoms with Gasteiger partial charge in [-0.05, 0) is 54.8 Å². The molecule has 1 N–H and O–H groups in total. The number of hydrogen-bond acceptors (Lipinski definition) is 2. The largest absolute Gasteiger partial charge is 0.495 e. The zero-order chi connectivity index (χ0) is 15.4. The van der Waals surface area contributed by atoms with Gasteiger partial charge in [0.05, 0.1) is 18.2 Å². The van der Waals surface area contributed by atoms with E-state index in [1.54, 1.807) is 7.11 Å². The molecule has 0 aromatic heterocycles. The van der Waals surface area contributed by atoms with Crippen LogP contribution in [0.5, 0.6) is 5.75 Å². The van der Waals surface area contributed by atoms with Crippen molar-refractivity contribution in [3.8, 4) is 5.75 Å². The molecule has 112 valence electrons. The highest BCUT2D eigenvalue weighted by molar-refractivity contribution is 6.32. The molecule has 0 aliphatic heterocycles. The molecule has 0 radical (unpaired) electrons. The molecule has 2 nitrogen and oxygen atoms in total. The van der Waals surface area contributed by atoms with E-state index < -0.39 is 0 Å². The van der Waals surface area contributed by atoms with Gasteiger partial charge in [0.25, 0.3) is 0 Å². The van der Waals surface area contributed by atoms with E-state index in [1.807, 2.05) is 12.1 Å². The van der Waals surface area contributed by atoms with E-state index in [0.717, 1.165) is 12.1 Å². The maximum Gasteiger partial charge on any atom is 0.137 e. The maximum atomic E-state index is 6.14. The first-order valence-corrected chi connectivity index (χ1v) is 7.59. The number of nitrogens with one attached hydrogen (secondary N) is 1. The Morgan fingerprint density at radius 3 is 2.38 bits per heavy atom. The van der Waals surface area contributed by atoms with E-state index in [1.165, 1.54) is 16.7 Å². The minimum Gasteiger partial charge on any atom is -0.495 e. The normalized spacial score (nSPS) is 12.2. The van der Waals surface area contributed by atoms with Crippen molar-refractivity contribution in [1.29, 1.82) is 0 Å². The Bertz CT molecular complexity index is 604. The smallest absolute Gasteiger partial charge is 0.137 e. The van der Waals surface area contributed by atoms with Crippen LogP contribution in [0.25, 0.3) is 0 Å². The summed E-state index contributed by atoms with van der Waals surface area (Å²) in [6.07, 6.45) is 0. The summed E-state index contributed by atoms with van der Waals surface area (Å²) in [7, 11) is 1.65. The molecule has 2 rings (SSSR count). The van der Waals surface area contributed by atoms with Crippen LogP contribution in [-0.2, 0) is 0 Å². The summed E-state index contributed by atoms with van der Waals surface area (Å²) < 4.78 is 5.35. The van der Waals surface area contributed by atoms with Crippen molar-refractivity contribution in [1.82, 2.24) is 5.32 Å². The molecule has 0 fully saturated rings. The highest BCUT2D eigenvalue weighted by atomic mass is 35.5. The second-order valence-electron chi connectivity index (χ2n) is 5.19. The minimum absolute atomic E-state index is 0.141. The maximum absolute atomic E-state index is 6.14. The quantitative estimate of drug-likeness (QED) is 0.867. The Balaban J connectivity index is 2.53. The third-order valence-corrected chi connectivity index (χ3v) is 4.06. The van der Waals surface area contributed by atoms with Crippen LogP contribution >= 0.6 is 11.6 Å². The fourth-order valence-corrected chi connectivity index (χ4v) is 2.92. The van der Waals surface area contributed by atoms with Gasteiger partial charge in [-0.1, -0.05) is 42.8 Å². The molecule has 1 unspecified atom stereocenters. The minimum atomic E-state index is 0.141. The predicted molar refractivity (Wildman–Crippen MR) is 89.4 cm³/mol. The van der Waals surface area contributed by atoms with Crippen LogP contribution in [0.4, 0.5) is 0 Å². The molecule has 2 aromatic carbocycles. The summed E-state index contributed by atoms with van der Waals surface area (Å²) in [6, 6.07) is 12.5. The van der Waals surface area contributed by atoms with E-state index in [0.29, 0.717) is 10.8 Å². The van der Waals surface area contributed by atoms with Crippen LogP contribution in [-0.4, -0.2) is 13.7 Å². The Morgan fingerprint density at radius 2 is 1.81 bits per heavy atom. The molecular formula is C18H22ClNO. The van der Waals surface area contributed by atoms with Gasteiger partial charge in [-0.2, -0.15) is 0 Å². The number of benzene rings is 2. The lowest BCUT2D eigenvalue weighted by Crippen LogP contribution is -2.23. The molecule has 21 heavy (non-hydrogen) atoms. The predicted octanol–water partition coefficient (Wildman–Crippen LogP) is 4.66. The lowest BCUT2D eigenvalue weighted by atomic mass is 9.91. The van der Waals surface area contributed by atoms with E-state index in [2.05, 4.69) is 50.4 Å². The number of halogens is 1. The van der Waals surface area contributed by atoms with Gasteiger partial charge < -0.3 is 10.1 Å². The Morgan fingerprint density at radius 1 is 1.14 bits per heavy atom. The third-order valence-electron chi connectivity index (χ3n) is 3.75. The van der Waals surface area contributed by atoms with Crippen molar-refractivity contribution in [2.24, 2.45) is 0 Å². The second kappa shape index (κ2) is 6.97. The number of rotatable bonds is 5. The number of aryl methyl sites for hydroxylation is 2. The molecular weight excluding hydrogens is 282 g/mol. The van der Waals surface area contributed by atoms with Crippen LogP contribution in [0.2, 0.25) is 5.02 Å². The molecule has 3 heteroatoms. The van der Waals surface area contributed by atoms with Crippen LogP contribution in [0.15, 0.2) is 36.4 Å². The fraction of sp³-hybridized carbons (Fsp3) is 0.333. The molecule has 0 spiro atoms. The van der Waals surface area contributed by atoms with E-state index >= 15 is 0 Å². The van der Waals surface area contributed by atoms with Gasteiger partial charge >= 0.3 is 0 Å². The molecule has 0 aliphatic rings. The molecule has 0 saturated heterocycles. The van der Waals surface area contributed by atoms with Gasteiger partial charge in [0, 0.05) is 0 Å². The molecule has 0 heterocycles. The average Bonchev–Trinajstić information content (AvgIpc) is 2.47. The zero-order valence-corrected chi connectivity index (χ0v) is 13.8. The van der Waals surface area contributed by atoms with Crippen molar-refractivity contribution in [2.75, 3.05) is 13.7 Å². The van der Waals surface area contributed by atoms with Gasteiger partial charge in [0.15, 0.2) is 0 Å². The third kappa shape index (κ3) is 3.39. The first kappa shape index (κ1) is 15.9. The first-order valence-electron chi connectivity index (χ1n) is 7.21. The van der Waals surface area contributed by atoms with Gasteiger partial charge in [-0.25, -0.2) is 0 Å². The standard InChI is InChI=1S/C18H22ClNO/c1-5-20-18(17-12(2)7-6-8-13(17)3)14-9-10-15(19)16(11-14)21-4/h6-11,18,20H,5H2,1-4H3. The number of hydrogen-bond donors (Lipinski definition) is 1. The van der Waals surface area contributed by atoms with Crippen LogP contribution < -0.4 is 10.1 Å². The molecule has 0 bridgehead atoms. The summed E-state index contributed by atoms with van der Waals surface area (Å²) in [4.78, 5) is 0. The Kier molecular flexibility index (Phi) is 5.27. The topological polar surface area (TPSA) is 21.3 Å². The Hall–Kier alpha value is -1.51. The van der Waals surface area contributed by atoms with Crippen molar-refractivity contribution in [3.05, 3.63) is 63.7 Å². The highest BCUT2D eigenvalue weighted by Gasteiger charge is 2.18. The average molecular weight is 304 g/mol. The fourth-order valence-electron chi connectivity index (χ4n) is 2.73. The lowest BCUT2D eigenvalue weighted by Gasteiger charge is -2.23. The van der Waals surface area contributed by atoms with Gasteiger partial charge in [-0.3, -0.25) is 0 Å². The van der Waals surface area contributed by atoms with Crippen LogP contribution in [0.3, 0.4) is 0 Å². The Labute approximate surface area is 132 Å². The molecule has 0 saturated carbocycles. The summed E-state index contributed by atoms with van der Waals surface area (Å²) in [5.74, 6) is 0.711. The van der Waals surface area contributed by atoms with E-state index in [4.69, 9.17) is 16.3 Å². The molecule has 0 amide bonds. The molecule has 2 aromatic rings. The van der Waals surface area contributed by atoms with Gasteiger partial charge in [0.1, 0.15) is 5.75 Å². The van der Waals surface area contributed by atoms with Crippen molar-refractivity contribution >= 4 is 11.6 Å². The summed E-state index contributed by atoms with van der Waals surface area (Å²) in [5, 5.41) is 4.21. The first-order chi connectivity index (χ1) is 10.1. The number of methoxy groups -OCH3 is 1.